The molecule has 0 aliphatic carbocycles. The molecule has 19 heavy (non-hydrogen) atoms. The van der Waals surface area contributed by atoms with Crippen LogP contribution in [0, 0.1) is 16.0 Å². The van der Waals surface area contributed by atoms with Crippen molar-refractivity contribution in [2.75, 3.05) is 0 Å². The molecule has 0 fully saturated rings. The maximum absolute atomic E-state index is 11.0. The molecule has 2 N–H and O–H groups in total. The molecule has 1 unspecified atom stereocenters. The van der Waals surface area contributed by atoms with Crippen LogP contribution in [0.15, 0.2) is 22.7 Å². The highest BCUT2D eigenvalue weighted by Gasteiger charge is 2.22. The first-order valence-electron chi connectivity index (χ1n) is 5.72. The molecule has 0 heterocycles. The average Bonchev–Trinajstić information content (AvgIpc) is 2.30. The Hall–Kier alpha value is -1.47. The molecule has 0 aromatic heterocycles. The second kappa shape index (κ2) is 6.63. The second-order valence-corrected chi connectivity index (χ2v) is 5.24. The van der Waals surface area contributed by atoms with Crippen LogP contribution in [0.3, 0.4) is 0 Å². The molecule has 0 aliphatic rings. The van der Waals surface area contributed by atoms with Gasteiger partial charge in [0.05, 0.1) is 9.40 Å². The highest BCUT2D eigenvalue weighted by Crippen LogP contribution is 2.28. The Balaban J connectivity index is 2.86. The summed E-state index contributed by atoms with van der Waals surface area (Å²) in [6, 6.07) is 3.99. The van der Waals surface area contributed by atoms with Gasteiger partial charge in [0.2, 0.25) is 0 Å². The first kappa shape index (κ1) is 15.6. The third-order valence-electron chi connectivity index (χ3n) is 2.70. The van der Waals surface area contributed by atoms with Crippen LogP contribution in [0.4, 0.5) is 5.69 Å². The number of nitrogens with zero attached hydrogens (tertiary/aromatic N) is 1. The second-order valence-electron chi connectivity index (χ2n) is 4.45. The highest BCUT2D eigenvalue weighted by atomic mass is 79.9. The van der Waals surface area contributed by atoms with Crippen LogP contribution in [0.5, 0.6) is 0 Å². The fourth-order valence-electron chi connectivity index (χ4n) is 1.67. The lowest BCUT2D eigenvalue weighted by Gasteiger charge is -2.18. The molecule has 1 rings (SSSR count). The number of carboxylic acid groups (broad SMARTS) is 1. The number of hydrogen-bond donors (Lipinski definition) is 2. The quantitative estimate of drug-likeness (QED) is 0.617. The highest BCUT2D eigenvalue weighted by molar-refractivity contribution is 9.10. The van der Waals surface area contributed by atoms with E-state index in [4.69, 9.17) is 5.11 Å². The van der Waals surface area contributed by atoms with Crippen LogP contribution < -0.4 is 5.32 Å². The zero-order valence-corrected chi connectivity index (χ0v) is 12.2. The molecular formula is C12H15BrN2O4. The first-order valence-corrected chi connectivity index (χ1v) is 6.51. The average molecular weight is 331 g/mol. The number of aliphatic carboxylic acids is 1. The maximum Gasteiger partial charge on any atom is 0.320 e. The standard InChI is InChI=1S/C12H15BrN2O4/c1-7(2)11(12(16)17)14-6-8-4-3-5-9(10(8)13)15(18)19/h3-5,7,11,14H,6H2,1-2H3,(H,16,17). The molecule has 7 heteroatoms. The van der Waals surface area contributed by atoms with Crippen molar-refractivity contribution in [2.24, 2.45) is 5.92 Å². The van der Waals surface area contributed by atoms with Crippen molar-refractivity contribution in [1.82, 2.24) is 5.32 Å². The largest absolute Gasteiger partial charge is 0.480 e. The molecule has 0 radical (unpaired) electrons. The number of hydrogen-bond acceptors (Lipinski definition) is 4. The predicted octanol–water partition coefficient (Wildman–Crippen LogP) is 2.56. The van der Waals surface area contributed by atoms with Crippen LogP contribution in [-0.2, 0) is 11.3 Å². The van der Waals surface area contributed by atoms with Gasteiger partial charge in [0.1, 0.15) is 6.04 Å². The molecule has 6 nitrogen and oxygen atoms in total. The molecule has 1 aromatic carbocycles. The minimum atomic E-state index is -0.934. The monoisotopic (exact) mass is 330 g/mol. The van der Waals surface area contributed by atoms with E-state index < -0.39 is 16.9 Å². The summed E-state index contributed by atoms with van der Waals surface area (Å²) in [6.45, 7) is 3.85. The van der Waals surface area contributed by atoms with Crippen molar-refractivity contribution >= 4 is 27.6 Å². The van der Waals surface area contributed by atoms with E-state index in [-0.39, 0.29) is 18.2 Å². The van der Waals surface area contributed by atoms with Crippen LogP contribution >= 0.6 is 15.9 Å². The van der Waals surface area contributed by atoms with Crippen LogP contribution in [0.2, 0.25) is 0 Å². The van der Waals surface area contributed by atoms with Gasteiger partial charge in [0.25, 0.3) is 5.69 Å². The summed E-state index contributed by atoms with van der Waals surface area (Å²) in [5, 5.41) is 22.7. The summed E-state index contributed by atoms with van der Waals surface area (Å²) in [6.07, 6.45) is 0. The van der Waals surface area contributed by atoms with E-state index in [9.17, 15) is 14.9 Å². The Labute approximate surface area is 119 Å². The summed E-state index contributed by atoms with van der Waals surface area (Å²) in [5.74, 6) is -1.01. The summed E-state index contributed by atoms with van der Waals surface area (Å²) >= 11 is 3.18. The number of nitrogens with one attached hydrogen (secondary N) is 1. The van der Waals surface area contributed by atoms with Gasteiger partial charge in [-0.1, -0.05) is 26.0 Å². The van der Waals surface area contributed by atoms with Gasteiger partial charge < -0.3 is 10.4 Å². The minimum absolute atomic E-state index is 0.0317. The molecule has 0 bridgehead atoms. The zero-order valence-electron chi connectivity index (χ0n) is 10.6. The third-order valence-corrected chi connectivity index (χ3v) is 3.62. The lowest BCUT2D eigenvalue weighted by atomic mass is 10.0. The van der Waals surface area contributed by atoms with E-state index in [1.807, 2.05) is 0 Å². The summed E-state index contributed by atoms with van der Waals surface area (Å²) in [7, 11) is 0. The van der Waals surface area contributed by atoms with Crippen LogP contribution in [-0.4, -0.2) is 22.0 Å². The van der Waals surface area contributed by atoms with Gasteiger partial charge in [-0.15, -0.1) is 0 Å². The van der Waals surface area contributed by atoms with Crippen molar-refractivity contribution in [1.29, 1.82) is 0 Å². The fraction of sp³-hybridized carbons (Fsp3) is 0.417. The topological polar surface area (TPSA) is 92.5 Å². The van der Waals surface area contributed by atoms with E-state index in [2.05, 4.69) is 21.2 Å². The van der Waals surface area contributed by atoms with Crippen molar-refractivity contribution in [3.63, 3.8) is 0 Å². The van der Waals surface area contributed by atoms with Crippen molar-refractivity contribution in [3.8, 4) is 0 Å². The lowest BCUT2D eigenvalue weighted by Crippen LogP contribution is -2.40. The van der Waals surface area contributed by atoms with E-state index >= 15 is 0 Å². The molecule has 0 spiro atoms. The molecule has 0 amide bonds. The molecule has 0 aliphatic heterocycles. The number of nitro benzene ring substituents is 1. The van der Waals surface area contributed by atoms with Gasteiger partial charge in [-0.05, 0) is 27.4 Å². The van der Waals surface area contributed by atoms with E-state index in [0.717, 1.165) is 0 Å². The van der Waals surface area contributed by atoms with Gasteiger partial charge in [-0.2, -0.15) is 0 Å². The Morgan fingerprint density at radius 1 is 1.53 bits per heavy atom. The number of nitro groups is 1. The van der Waals surface area contributed by atoms with Gasteiger partial charge >= 0.3 is 5.97 Å². The molecule has 104 valence electrons. The smallest absolute Gasteiger partial charge is 0.320 e. The Morgan fingerprint density at radius 2 is 2.16 bits per heavy atom. The van der Waals surface area contributed by atoms with E-state index in [1.54, 1.807) is 26.0 Å². The van der Waals surface area contributed by atoms with Crippen molar-refractivity contribution < 1.29 is 14.8 Å². The summed E-state index contributed by atoms with van der Waals surface area (Å²) < 4.78 is 0.375. The zero-order chi connectivity index (χ0) is 14.6. The van der Waals surface area contributed by atoms with E-state index in [0.29, 0.717) is 10.0 Å². The molecule has 1 atom stereocenters. The minimum Gasteiger partial charge on any atom is -0.480 e. The number of benzene rings is 1. The Morgan fingerprint density at radius 3 is 2.63 bits per heavy atom. The van der Waals surface area contributed by atoms with Crippen LogP contribution in [0.1, 0.15) is 19.4 Å². The number of halogens is 1. The number of carboxylic acids is 1. The number of carbonyl (C=O) groups is 1. The van der Waals surface area contributed by atoms with Gasteiger partial charge in [-0.3, -0.25) is 14.9 Å². The van der Waals surface area contributed by atoms with Gasteiger partial charge in [0.15, 0.2) is 0 Å². The van der Waals surface area contributed by atoms with Gasteiger partial charge in [-0.25, -0.2) is 0 Å². The molecule has 0 saturated heterocycles. The molecule has 1 aromatic rings. The maximum atomic E-state index is 11.0. The summed E-state index contributed by atoms with van der Waals surface area (Å²) in [5.41, 5.74) is 0.622. The predicted molar refractivity (Wildman–Crippen MR) is 73.9 cm³/mol. The van der Waals surface area contributed by atoms with E-state index in [1.165, 1.54) is 6.07 Å². The summed E-state index contributed by atoms with van der Waals surface area (Å²) in [4.78, 5) is 21.3. The number of rotatable bonds is 6. The molecule has 0 saturated carbocycles. The third kappa shape index (κ3) is 4.00. The SMILES string of the molecule is CC(C)C(NCc1cccc([N+](=O)[O-])c1Br)C(=O)O. The molecular weight excluding hydrogens is 316 g/mol. The fourth-order valence-corrected chi connectivity index (χ4v) is 2.22. The first-order chi connectivity index (χ1) is 8.84. The van der Waals surface area contributed by atoms with Gasteiger partial charge in [0, 0.05) is 12.6 Å². The Bertz CT molecular complexity index is 491. The van der Waals surface area contributed by atoms with Crippen molar-refractivity contribution in [3.05, 3.63) is 38.3 Å². The normalized spacial score (nSPS) is 12.4. The Kier molecular flexibility index (Phi) is 5.44. The lowest BCUT2D eigenvalue weighted by molar-refractivity contribution is -0.385. The van der Waals surface area contributed by atoms with Crippen LogP contribution in [0.25, 0.3) is 0 Å². The van der Waals surface area contributed by atoms with Crippen molar-refractivity contribution in [2.45, 2.75) is 26.4 Å².